The predicted molar refractivity (Wildman–Crippen MR) is 78.9 cm³/mol. The molecule has 0 radical (unpaired) electrons. The average molecular weight is 329 g/mol. The molecule has 112 valence electrons. The normalized spacial score (nSPS) is 13.0. The Balaban J connectivity index is 2.28. The van der Waals surface area contributed by atoms with Crippen LogP contribution in [0.1, 0.15) is 18.5 Å². The van der Waals surface area contributed by atoms with Crippen LogP contribution in [-0.4, -0.2) is 18.5 Å². The molecule has 8 heteroatoms. The van der Waals surface area contributed by atoms with Crippen molar-refractivity contribution in [2.45, 2.75) is 17.9 Å². The first-order valence-corrected chi connectivity index (χ1v) is 7.85. The summed E-state index contributed by atoms with van der Waals surface area (Å²) in [5, 5.41) is 9.20. The third kappa shape index (κ3) is 3.63. The number of hydrogen-bond acceptors (Lipinski definition) is 4. The van der Waals surface area contributed by atoms with Crippen LogP contribution in [0.25, 0.3) is 0 Å². The highest BCUT2D eigenvalue weighted by Gasteiger charge is 2.19. The van der Waals surface area contributed by atoms with Gasteiger partial charge in [-0.05, 0) is 30.7 Å². The van der Waals surface area contributed by atoms with Gasteiger partial charge in [0.05, 0.1) is 4.90 Å². The first-order valence-electron chi connectivity index (χ1n) is 5.99. The Morgan fingerprint density at radius 3 is 2.67 bits per heavy atom. The number of benzene rings is 1. The zero-order chi connectivity index (χ0) is 15.6. The first kappa shape index (κ1) is 15.6. The number of phenolic OH excluding ortho intramolecular Hbond substituents is 1. The second kappa shape index (κ2) is 5.88. The molecule has 0 spiro atoms. The van der Waals surface area contributed by atoms with Crippen LogP contribution in [0.15, 0.2) is 46.2 Å². The number of halogens is 1. The molecular formula is C13H13ClN2O4S. The maximum Gasteiger partial charge on any atom is 0.266 e. The molecule has 0 bridgehead atoms. The van der Waals surface area contributed by atoms with Gasteiger partial charge >= 0.3 is 0 Å². The SMILES string of the molecule is CC(NS(=O)(=O)c1c[nH]c(=O)c(Cl)c1)c1cccc(O)c1. The lowest BCUT2D eigenvalue weighted by atomic mass is 10.1. The minimum absolute atomic E-state index is 0.0469. The second-order valence-electron chi connectivity index (χ2n) is 4.45. The Hall–Kier alpha value is -1.83. The van der Waals surface area contributed by atoms with Crippen LogP contribution in [0.4, 0.5) is 0 Å². The van der Waals surface area contributed by atoms with E-state index in [9.17, 15) is 18.3 Å². The number of phenols is 1. The van der Waals surface area contributed by atoms with E-state index in [1.54, 1.807) is 19.1 Å². The average Bonchev–Trinajstić information content (AvgIpc) is 2.41. The summed E-state index contributed by atoms with van der Waals surface area (Å²) < 4.78 is 26.9. The van der Waals surface area contributed by atoms with Crippen LogP contribution in [0.5, 0.6) is 5.75 Å². The molecule has 0 aliphatic rings. The molecule has 0 saturated carbocycles. The molecule has 0 saturated heterocycles. The van der Waals surface area contributed by atoms with E-state index in [2.05, 4.69) is 9.71 Å². The molecule has 2 aromatic rings. The van der Waals surface area contributed by atoms with E-state index in [-0.39, 0.29) is 15.7 Å². The van der Waals surface area contributed by atoms with E-state index < -0.39 is 21.6 Å². The van der Waals surface area contributed by atoms with Crippen LogP contribution >= 0.6 is 11.6 Å². The number of aromatic nitrogens is 1. The van der Waals surface area contributed by atoms with Gasteiger partial charge < -0.3 is 10.1 Å². The molecule has 1 atom stereocenters. The summed E-state index contributed by atoms with van der Waals surface area (Å²) in [5.74, 6) is 0.0469. The third-order valence-electron chi connectivity index (χ3n) is 2.84. The van der Waals surface area contributed by atoms with Gasteiger partial charge in [0.25, 0.3) is 5.56 Å². The summed E-state index contributed by atoms with van der Waals surface area (Å²) in [6.45, 7) is 1.64. The van der Waals surface area contributed by atoms with Crippen molar-refractivity contribution in [3.63, 3.8) is 0 Å². The number of rotatable bonds is 4. The molecule has 3 N–H and O–H groups in total. The lowest BCUT2D eigenvalue weighted by molar-refractivity contribution is 0.473. The van der Waals surface area contributed by atoms with E-state index in [1.165, 1.54) is 12.1 Å². The minimum atomic E-state index is -3.85. The maximum absolute atomic E-state index is 12.2. The van der Waals surface area contributed by atoms with Crippen molar-refractivity contribution in [1.82, 2.24) is 9.71 Å². The highest BCUT2D eigenvalue weighted by atomic mass is 35.5. The summed E-state index contributed by atoms with van der Waals surface area (Å²) in [5.41, 5.74) is 0.0470. The van der Waals surface area contributed by atoms with Gasteiger partial charge in [-0.3, -0.25) is 4.79 Å². The molecular weight excluding hydrogens is 316 g/mol. The smallest absolute Gasteiger partial charge is 0.266 e. The molecule has 2 rings (SSSR count). The Kier molecular flexibility index (Phi) is 4.36. The predicted octanol–water partition coefficient (Wildman–Crippen LogP) is 1.77. The summed E-state index contributed by atoms with van der Waals surface area (Å²) in [6, 6.07) is 6.78. The van der Waals surface area contributed by atoms with Crippen LogP contribution in [0.2, 0.25) is 5.02 Å². The fraction of sp³-hybridized carbons (Fsp3) is 0.154. The summed E-state index contributed by atoms with van der Waals surface area (Å²) in [7, 11) is -3.85. The molecule has 21 heavy (non-hydrogen) atoms. The Morgan fingerprint density at radius 1 is 1.33 bits per heavy atom. The van der Waals surface area contributed by atoms with E-state index >= 15 is 0 Å². The summed E-state index contributed by atoms with van der Waals surface area (Å²) in [4.78, 5) is 13.3. The van der Waals surface area contributed by atoms with E-state index in [0.29, 0.717) is 5.56 Å². The van der Waals surface area contributed by atoms with Crippen LogP contribution in [0.3, 0.4) is 0 Å². The maximum atomic E-state index is 12.2. The van der Waals surface area contributed by atoms with E-state index in [4.69, 9.17) is 11.6 Å². The van der Waals surface area contributed by atoms with Crippen molar-refractivity contribution in [2.24, 2.45) is 0 Å². The van der Waals surface area contributed by atoms with Gasteiger partial charge in [-0.15, -0.1) is 0 Å². The standard InChI is InChI=1S/C13H13ClN2O4S/c1-8(9-3-2-4-10(17)5-9)16-21(19,20)11-6-12(14)13(18)15-7-11/h2-8,16-17H,1H3,(H,15,18). The number of pyridine rings is 1. The zero-order valence-electron chi connectivity index (χ0n) is 11.0. The molecule has 1 unspecified atom stereocenters. The topological polar surface area (TPSA) is 99.3 Å². The van der Waals surface area contributed by atoms with Gasteiger partial charge in [0, 0.05) is 12.2 Å². The second-order valence-corrected chi connectivity index (χ2v) is 6.57. The molecule has 1 aromatic heterocycles. The van der Waals surface area contributed by atoms with E-state index in [1.807, 2.05) is 0 Å². The van der Waals surface area contributed by atoms with Crippen LogP contribution in [0, 0.1) is 0 Å². The Morgan fingerprint density at radius 2 is 2.05 bits per heavy atom. The van der Waals surface area contributed by atoms with Gasteiger partial charge in [-0.1, -0.05) is 23.7 Å². The number of aromatic amines is 1. The van der Waals surface area contributed by atoms with Crippen molar-refractivity contribution in [2.75, 3.05) is 0 Å². The van der Waals surface area contributed by atoms with Crippen LogP contribution in [-0.2, 0) is 10.0 Å². The van der Waals surface area contributed by atoms with Gasteiger partial charge in [0.1, 0.15) is 10.8 Å². The summed E-state index contributed by atoms with van der Waals surface area (Å²) in [6.07, 6.45) is 1.08. The monoisotopic (exact) mass is 328 g/mol. The number of aromatic hydroxyl groups is 1. The van der Waals surface area contributed by atoms with E-state index in [0.717, 1.165) is 12.3 Å². The van der Waals surface area contributed by atoms with Crippen molar-refractivity contribution >= 4 is 21.6 Å². The number of nitrogens with one attached hydrogen (secondary N) is 2. The highest BCUT2D eigenvalue weighted by molar-refractivity contribution is 7.89. The van der Waals surface area contributed by atoms with Gasteiger partial charge in [-0.2, -0.15) is 0 Å². The molecule has 0 aliphatic heterocycles. The minimum Gasteiger partial charge on any atom is -0.508 e. The zero-order valence-corrected chi connectivity index (χ0v) is 12.6. The lowest BCUT2D eigenvalue weighted by Crippen LogP contribution is -2.27. The first-order chi connectivity index (χ1) is 9.79. The fourth-order valence-electron chi connectivity index (χ4n) is 1.76. The lowest BCUT2D eigenvalue weighted by Gasteiger charge is -2.15. The summed E-state index contributed by atoms with van der Waals surface area (Å²) >= 11 is 5.63. The fourth-order valence-corrected chi connectivity index (χ4v) is 3.22. The van der Waals surface area contributed by atoms with Crippen molar-refractivity contribution < 1.29 is 13.5 Å². The quantitative estimate of drug-likeness (QED) is 0.796. The Labute approximate surface area is 126 Å². The highest BCUT2D eigenvalue weighted by Crippen LogP contribution is 2.20. The third-order valence-corrected chi connectivity index (χ3v) is 4.64. The van der Waals surface area contributed by atoms with Crippen molar-refractivity contribution in [1.29, 1.82) is 0 Å². The molecule has 6 nitrogen and oxygen atoms in total. The van der Waals surface area contributed by atoms with Gasteiger partial charge in [0.2, 0.25) is 10.0 Å². The Bertz CT molecular complexity index is 817. The molecule has 1 heterocycles. The van der Waals surface area contributed by atoms with Gasteiger partial charge in [0.15, 0.2) is 0 Å². The van der Waals surface area contributed by atoms with Crippen molar-refractivity contribution in [3.8, 4) is 5.75 Å². The van der Waals surface area contributed by atoms with Gasteiger partial charge in [-0.25, -0.2) is 13.1 Å². The van der Waals surface area contributed by atoms with Crippen molar-refractivity contribution in [3.05, 3.63) is 57.5 Å². The largest absolute Gasteiger partial charge is 0.508 e. The molecule has 0 aliphatic carbocycles. The molecule has 0 amide bonds. The number of H-pyrrole nitrogens is 1. The number of sulfonamides is 1. The van der Waals surface area contributed by atoms with Crippen LogP contribution < -0.4 is 10.3 Å². The molecule has 1 aromatic carbocycles. The number of hydrogen-bond donors (Lipinski definition) is 3. The molecule has 0 fully saturated rings.